The van der Waals surface area contributed by atoms with Gasteiger partial charge in [-0.1, -0.05) is 45.4 Å². The molecule has 2 N–H and O–H groups in total. The number of unbranched alkanes of at least 4 members (excludes halogenated alkanes) is 6. The van der Waals surface area contributed by atoms with Crippen LogP contribution in [0.4, 0.5) is 0 Å². The van der Waals surface area contributed by atoms with E-state index in [2.05, 4.69) is 11.4 Å². The Morgan fingerprint density at radius 3 is 2.00 bits per heavy atom. The van der Waals surface area contributed by atoms with Crippen molar-refractivity contribution in [3.8, 4) is 0 Å². The fourth-order valence-corrected chi connectivity index (χ4v) is 1.61. The molecule has 0 aliphatic rings. The smallest absolute Gasteiger partial charge is 1.00 e. The summed E-state index contributed by atoms with van der Waals surface area (Å²) >= 11 is 0. The predicted octanol–water partition coefficient (Wildman–Crippen LogP) is -0.0372. The molecule has 0 aromatic carbocycles. The summed E-state index contributed by atoms with van der Waals surface area (Å²) in [6, 6.07) is 0. The third-order valence-electron chi connectivity index (χ3n) is 2.01. The molecule has 0 amide bonds. The second-order valence-corrected chi connectivity index (χ2v) is 4.68. The van der Waals surface area contributed by atoms with Crippen molar-refractivity contribution in [2.24, 2.45) is 0 Å². The first-order chi connectivity index (χ1) is 6.56. The SMILES string of the molecule is CCCCCCCCCOP(=O)(O)O.[Cs+].[H-]. The summed E-state index contributed by atoms with van der Waals surface area (Å²) in [6.07, 6.45) is 7.84. The van der Waals surface area contributed by atoms with Crippen LogP contribution in [0.15, 0.2) is 0 Å². The van der Waals surface area contributed by atoms with E-state index in [0.29, 0.717) is 0 Å². The molecule has 0 saturated heterocycles. The van der Waals surface area contributed by atoms with Gasteiger partial charge in [-0.05, 0) is 6.42 Å². The van der Waals surface area contributed by atoms with Gasteiger partial charge in [0.15, 0.2) is 0 Å². The maximum absolute atomic E-state index is 10.3. The van der Waals surface area contributed by atoms with E-state index in [-0.39, 0.29) is 76.9 Å². The van der Waals surface area contributed by atoms with Crippen LogP contribution < -0.4 is 68.9 Å². The molecule has 0 aliphatic heterocycles. The molecular formula is C9H22CsO4P. The molecule has 0 heterocycles. The third-order valence-corrected chi connectivity index (χ3v) is 2.53. The predicted molar refractivity (Wildman–Crippen MR) is 57.1 cm³/mol. The van der Waals surface area contributed by atoms with Crippen LogP contribution in [-0.2, 0) is 9.09 Å². The summed E-state index contributed by atoms with van der Waals surface area (Å²) in [4.78, 5) is 16.8. The molecule has 0 rings (SSSR count). The average molecular weight is 358 g/mol. The Labute approximate surface area is 153 Å². The molecule has 0 radical (unpaired) electrons. The van der Waals surface area contributed by atoms with Crippen molar-refractivity contribution in [1.82, 2.24) is 0 Å². The zero-order valence-corrected chi connectivity index (χ0v) is 17.0. The van der Waals surface area contributed by atoms with Crippen molar-refractivity contribution in [3.63, 3.8) is 0 Å². The number of phosphoric acid groups is 1. The van der Waals surface area contributed by atoms with Gasteiger partial charge in [-0.15, -0.1) is 0 Å². The number of rotatable bonds is 9. The van der Waals surface area contributed by atoms with E-state index in [9.17, 15) is 4.57 Å². The van der Waals surface area contributed by atoms with E-state index in [1.54, 1.807) is 0 Å². The molecule has 6 heteroatoms. The first-order valence-electron chi connectivity index (χ1n) is 5.26. The summed E-state index contributed by atoms with van der Waals surface area (Å²) in [6.45, 7) is 2.34. The van der Waals surface area contributed by atoms with Crippen LogP contribution in [0, 0.1) is 0 Å². The van der Waals surface area contributed by atoms with Crippen LogP contribution in [0.5, 0.6) is 0 Å². The zero-order chi connectivity index (χ0) is 10.9. The monoisotopic (exact) mass is 358 g/mol. The van der Waals surface area contributed by atoms with Crippen molar-refractivity contribution >= 4 is 7.82 Å². The van der Waals surface area contributed by atoms with Gasteiger partial charge in [-0.3, -0.25) is 4.52 Å². The Morgan fingerprint density at radius 1 is 1.07 bits per heavy atom. The van der Waals surface area contributed by atoms with Gasteiger partial charge >= 0.3 is 76.7 Å². The molecule has 0 atom stereocenters. The molecule has 0 bridgehead atoms. The number of hydrogen-bond donors (Lipinski definition) is 2. The van der Waals surface area contributed by atoms with Gasteiger partial charge < -0.3 is 11.2 Å². The number of phosphoric ester groups is 1. The van der Waals surface area contributed by atoms with E-state index < -0.39 is 7.82 Å². The fourth-order valence-electron chi connectivity index (χ4n) is 1.24. The summed E-state index contributed by atoms with van der Waals surface area (Å²) in [5.41, 5.74) is 0. The minimum absolute atomic E-state index is 0. The van der Waals surface area contributed by atoms with Gasteiger partial charge in [0.05, 0.1) is 6.61 Å². The Bertz CT molecular complexity index is 177. The maximum Gasteiger partial charge on any atom is 1.00 e. The summed E-state index contributed by atoms with van der Waals surface area (Å²) < 4.78 is 14.6. The Hall–Kier alpha value is 2.16. The first kappa shape index (κ1) is 19.5. The van der Waals surface area contributed by atoms with Gasteiger partial charge in [0, 0.05) is 0 Å². The molecule has 0 aromatic rings. The van der Waals surface area contributed by atoms with Gasteiger partial charge in [-0.25, -0.2) is 4.57 Å². The van der Waals surface area contributed by atoms with Crippen LogP contribution in [0.2, 0.25) is 0 Å². The maximum atomic E-state index is 10.3. The molecule has 88 valence electrons. The quantitative estimate of drug-likeness (QED) is 0.449. The Morgan fingerprint density at radius 2 is 1.53 bits per heavy atom. The summed E-state index contributed by atoms with van der Waals surface area (Å²) in [5.74, 6) is 0. The van der Waals surface area contributed by atoms with Crippen LogP contribution in [-0.4, -0.2) is 16.4 Å². The van der Waals surface area contributed by atoms with Crippen molar-refractivity contribution in [1.29, 1.82) is 0 Å². The van der Waals surface area contributed by atoms with Crippen LogP contribution in [0.3, 0.4) is 0 Å². The van der Waals surface area contributed by atoms with Crippen LogP contribution >= 0.6 is 7.82 Å². The molecule has 0 aromatic heterocycles. The van der Waals surface area contributed by atoms with Gasteiger partial charge in [0.2, 0.25) is 0 Å². The van der Waals surface area contributed by atoms with E-state index in [1.165, 1.54) is 25.7 Å². The largest absolute Gasteiger partial charge is 1.00 e. The molecule has 0 fully saturated rings. The molecule has 0 spiro atoms. The third kappa shape index (κ3) is 18.7. The standard InChI is InChI=1S/C9H21O4P.Cs.H/c1-2-3-4-5-6-7-8-9-13-14(10,11)12;;/h2-9H2,1H3,(H2,10,11,12);;/q;+1;-1. The summed E-state index contributed by atoms with van der Waals surface area (Å²) in [5, 5.41) is 0. The van der Waals surface area contributed by atoms with Crippen molar-refractivity contribution in [2.45, 2.75) is 51.9 Å². The van der Waals surface area contributed by atoms with E-state index in [4.69, 9.17) is 9.79 Å². The van der Waals surface area contributed by atoms with Gasteiger partial charge in [0.25, 0.3) is 0 Å². The second kappa shape index (κ2) is 12.6. The molecule has 4 nitrogen and oxygen atoms in total. The average Bonchev–Trinajstić information content (AvgIpc) is 2.08. The topological polar surface area (TPSA) is 66.8 Å². The Kier molecular flexibility index (Phi) is 16.4. The van der Waals surface area contributed by atoms with Crippen molar-refractivity contribution < 1.29 is 89.2 Å². The van der Waals surface area contributed by atoms with E-state index >= 15 is 0 Å². The minimum Gasteiger partial charge on any atom is -1.00 e. The molecule has 15 heavy (non-hydrogen) atoms. The summed E-state index contributed by atoms with van der Waals surface area (Å²) in [7, 11) is -4.23. The first-order valence-corrected chi connectivity index (χ1v) is 6.79. The van der Waals surface area contributed by atoms with Gasteiger partial charge in [0.1, 0.15) is 0 Å². The normalized spacial score (nSPS) is 11.1. The van der Waals surface area contributed by atoms with Crippen LogP contribution in [0.1, 0.15) is 53.3 Å². The second-order valence-electron chi connectivity index (χ2n) is 3.45. The number of hydrogen-bond acceptors (Lipinski definition) is 2. The zero-order valence-electron chi connectivity index (χ0n) is 10.8. The van der Waals surface area contributed by atoms with E-state index in [0.717, 1.165) is 19.3 Å². The molecule has 0 aliphatic carbocycles. The fraction of sp³-hybridized carbons (Fsp3) is 1.00. The Balaban J connectivity index is -0.000000845. The molecule has 0 saturated carbocycles. The molecule has 0 unspecified atom stereocenters. The van der Waals surface area contributed by atoms with Crippen LogP contribution in [0.25, 0.3) is 0 Å². The van der Waals surface area contributed by atoms with E-state index in [1.807, 2.05) is 0 Å². The minimum atomic E-state index is -4.23. The molecular weight excluding hydrogens is 336 g/mol. The van der Waals surface area contributed by atoms with Crippen molar-refractivity contribution in [2.75, 3.05) is 6.61 Å². The van der Waals surface area contributed by atoms with Gasteiger partial charge in [-0.2, -0.15) is 0 Å². The van der Waals surface area contributed by atoms with Crippen molar-refractivity contribution in [3.05, 3.63) is 0 Å².